The highest BCUT2D eigenvalue weighted by Crippen LogP contribution is 2.36. The van der Waals surface area contributed by atoms with E-state index in [-0.39, 0.29) is 15.7 Å². The Bertz CT molecular complexity index is 1150. The zero-order chi connectivity index (χ0) is 21.9. The number of nitrogens with one attached hydrogen (secondary N) is 2. The van der Waals surface area contributed by atoms with Crippen LogP contribution < -0.4 is 15.9 Å². The highest BCUT2D eigenvalue weighted by atomic mass is 35.5. The Labute approximate surface area is 183 Å². The summed E-state index contributed by atoms with van der Waals surface area (Å²) in [4.78, 5) is 8.70. The summed E-state index contributed by atoms with van der Waals surface area (Å²) in [5.74, 6) is 0.564. The van der Waals surface area contributed by atoms with Crippen molar-refractivity contribution in [2.45, 2.75) is 18.2 Å². The fraction of sp³-hybridized carbons (Fsp3) is 0.200. The lowest BCUT2D eigenvalue weighted by molar-refractivity contribution is 0.537. The first-order valence-electron chi connectivity index (χ1n) is 9.12. The van der Waals surface area contributed by atoms with Crippen molar-refractivity contribution in [2.24, 2.45) is 0 Å². The van der Waals surface area contributed by atoms with Crippen LogP contribution in [0.4, 0.5) is 23.1 Å². The molecule has 0 aliphatic carbocycles. The van der Waals surface area contributed by atoms with Gasteiger partial charge in [-0.1, -0.05) is 30.7 Å². The highest BCUT2D eigenvalue weighted by molar-refractivity contribution is 7.79. The van der Waals surface area contributed by atoms with Gasteiger partial charge in [0.05, 0.1) is 11.9 Å². The van der Waals surface area contributed by atoms with Crippen molar-refractivity contribution in [3.8, 4) is 0 Å². The van der Waals surface area contributed by atoms with Gasteiger partial charge in [-0.15, -0.1) is 0 Å². The number of halogens is 1. The highest BCUT2D eigenvalue weighted by Gasteiger charge is 2.14. The minimum atomic E-state index is -2.41. The Morgan fingerprint density at radius 1 is 1.13 bits per heavy atom. The van der Waals surface area contributed by atoms with Gasteiger partial charge in [-0.25, -0.2) is 4.98 Å². The van der Waals surface area contributed by atoms with E-state index in [0.717, 1.165) is 23.0 Å². The number of hydrogen-bond donors (Lipinski definition) is 2. The van der Waals surface area contributed by atoms with Crippen LogP contribution in [0.15, 0.2) is 53.6 Å². The quantitative estimate of drug-likeness (QED) is 0.387. The van der Waals surface area contributed by atoms with E-state index in [2.05, 4.69) is 20.6 Å². The standard InChI is InChI=1S/C20H22ClN4O3PS/c1-4-13-11-14(29(2,3)26)9-10-16(13)24-20-22-12-15(21)19(25-20)23-17-7-5-6-8-18(17)30(27)28/h5-12H,4H2,1-3H3,(H,27,28)(H2,22,23,24,25)/p-1. The lowest BCUT2D eigenvalue weighted by Gasteiger charge is -2.16. The average Bonchev–Trinajstić information content (AvgIpc) is 2.70. The van der Waals surface area contributed by atoms with Crippen LogP contribution in [0.25, 0.3) is 0 Å². The van der Waals surface area contributed by atoms with E-state index < -0.39 is 18.2 Å². The van der Waals surface area contributed by atoms with Gasteiger partial charge in [0, 0.05) is 15.9 Å². The van der Waals surface area contributed by atoms with Crippen LogP contribution >= 0.6 is 18.7 Å². The normalized spacial score (nSPS) is 12.4. The summed E-state index contributed by atoms with van der Waals surface area (Å²) in [6.07, 6.45) is 2.17. The third kappa shape index (κ3) is 5.26. The molecule has 0 spiro atoms. The number of nitrogens with zero attached hydrogens (tertiary/aromatic N) is 2. The second-order valence-electron chi connectivity index (χ2n) is 6.92. The monoisotopic (exact) mass is 463 g/mol. The maximum Gasteiger partial charge on any atom is 0.229 e. The van der Waals surface area contributed by atoms with Crippen molar-refractivity contribution in [1.82, 2.24) is 9.97 Å². The van der Waals surface area contributed by atoms with Crippen LogP contribution in [0.5, 0.6) is 0 Å². The number of aromatic nitrogens is 2. The second kappa shape index (κ2) is 9.27. The molecular weight excluding hydrogens is 443 g/mol. The molecule has 0 aliphatic rings. The van der Waals surface area contributed by atoms with Gasteiger partial charge in [0.15, 0.2) is 5.82 Å². The molecule has 2 N–H and O–H groups in total. The van der Waals surface area contributed by atoms with Gasteiger partial charge < -0.3 is 19.8 Å². The molecule has 30 heavy (non-hydrogen) atoms. The van der Waals surface area contributed by atoms with Crippen molar-refractivity contribution in [3.05, 3.63) is 59.2 Å². The maximum atomic E-state index is 12.4. The van der Waals surface area contributed by atoms with Gasteiger partial charge >= 0.3 is 0 Å². The van der Waals surface area contributed by atoms with Crippen LogP contribution in [-0.4, -0.2) is 32.1 Å². The Balaban J connectivity index is 1.91. The molecule has 2 aromatic carbocycles. The molecular formula is C20H21ClN4O3PS-. The fourth-order valence-corrected chi connectivity index (χ4v) is 4.33. The van der Waals surface area contributed by atoms with Gasteiger partial charge in [-0.2, -0.15) is 4.98 Å². The van der Waals surface area contributed by atoms with Crippen LogP contribution in [0, 0.1) is 0 Å². The summed E-state index contributed by atoms with van der Waals surface area (Å²) < 4.78 is 35.2. The first kappa shape index (κ1) is 22.4. The van der Waals surface area contributed by atoms with Crippen LogP contribution in [0.3, 0.4) is 0 Å². The molecule has 3 rings (SSSR count). The van der Waals surface area contributed by atoms with Crippen LogP contribution in [-0.2, 0) is 22.1 Å². The maximum absolute atomic E-state index is 12.4. The van der Waals surface area contributed by atoms with Crippen LogP contribution in [0.1, 0.15) is 12.5 Å². The molecule has 1 unspecified atom stereocenters. The summed E-state index contributed by atoms with van der Waals surface area (Å²) in [7, 11) is -2.36. The summed E-state index contributed by atoms with van der Waals surface area (Å²) >= 11 is 3.80. The fourth-order valence-electron chi connectivity index (χ4n) is 2.81. The molecule has 1 heterocycles. The first-order valence-corrected chi connectivity index (χ1v) is 13.2. The van der Waals surface area contributed by atoms with Crippen molar-refractivity contribution in [2.75, 3.05) is 24.0 Å². The molecule has 1 atom stereocenters. The van der Waals surface area contributed by atoms with Gasteiger partial charge in [0.2, 0.25) is 5.95 Å². The number of benzene rings is 2. The van der Waals surface area contributed by atoms with E-state index in [9.17, 15) is 13.3 Å². The predicted molar refractivity (Wildman–Crippen MR) is 122 cm³/mol. The van der Waals surface area contributed by atoms with E-state index in [1.807, 2.05) is 25.1 Å². The minimum absolute atomic E-state index is 0.106. The number of para-hydroxylation sites is 1. The van der Waals surface area contributed by atoms with Crippen LogP contribution in [0.2, 0.25) is 5.02 Å². The second-order valence-corrected chi connectivity index (χ2v) is 11.5. The lowest BCUT2D eigenvalue weighted by atomic mass is 10.1. The third-order valence-corrected chi connectivity index (χ3v) is 6.92. The molecule has 0 aliphatic heterocycles. The molecule has 3 aromatic rings. The van der Waals surface area contributed by atoms with Crippen molar-refractivity contribution in [1.29, 1.82) is 0 Å². The van der Waals surface area contributed by atoms with E-state index in [1.54, 1.807) is 31.5 Å². The summed E-state index contributed by atoms with van der Waals surface area (Å²) in [6.45, 7) is 5.49. The molecule has 0 bridgehead atoms. The van der Waals surface area contributed by atoms with E-state index >= 15 is 0 Å². The summed E-state index contributed by atoms with van der Waals surface area (Å²) in [6, 6.07) is 12.1. The Hall–Kier alpha value is -2.25. The number of rotatable bonds is 7. The number of hydrogen-bond acceptors (Lipinski definition) is 7. The Morgan fingerprint density at radius 2 is 1.87 bits per heavy atom. The average molecular weight is 464 g/mol. The van der Waals surface area contributed by atoms with E-state index in [4.69, 9.17) is 11.6 Å². The van der Waals surface area contributed by atoms with E-state index in [1.165, 1.54) is 12.3 Å². The topological polar surface area (TPSA) is 107 Å². The lowest BCUT2D eigenvalue weighted by Crippen LogP contribution is -2.08. The predicted octanol–water partition coefficient (Wildman–Crippen LogP) is 4.67. The van der Waals surface area contributed by atoms with Crippen molar-refractivity contribution >= 4 is 58.3 Å². The third-order valence-electron chi connectivity index (χ3n) is 4.40. The van der Waals surface area contributed by atoms with Gasteiger partial charge in [-0.05, 0) is 66.7 Å². The molecule has 7 nitrogen and oxygen atoms in total. The van der Waals surface area contributed by atoms with Gasteiger partial charge in [0.25, 0.3) is 0 Å². The summed E-state index contributed by atoms with van der Waals surface area (Å²) in [5, 5.41) is 7.17. The molecule has 158 valence electrons. The number of anilines is 4. The molecule has 0 radical (unpaired) electrons. The number of aryl methyl sites for hydroxylation is 1. The van der Waals surface area contributed by atoms with Crippen molar-refractivity contribution in [3.63, 3.8) is 0 Å². The molecule has 0 saturated heterocycles. The van der Waals surface area contributed by atoms with Gasteiger partial charge in [0.1, 0.15) is 12.2 Å². The van der Waals surface area contributed by atoms with Gasteiger partial charge in [-0.3, -0.25) is 4.21 Å². The largest absolute Gasteiger partial charge is 0.768 e. The first-order chi connectivity index (χ1) is 14.2. The molecule has 0 amide bonds. The molecule has 10 heteroatoms. The smallest absolute Gasteiger partial charge is 0.229 e. The zero-order valence-electron chi connectivity index (χ0n) is 16.7. The van der Waals surface area contributed by atoms with Crippen molar-refractivity contribution < 1.29 is 13.3 Å². The molecule has 1 aromatic heterocycles. The SMILES string of the molecule is CCc1cc(P(C)(C)=O)ccc1Nc1ncc(Cl)c(Nc2ccccc2S(=O)[O-])n1. The zero-order valence-corrected chi connectivity index (χ0v) is 19.1. The Morgan fingerprint density at radius 3 is 2.53 bits per heavy atom. The minimum Gasteiger partial charge on any atom is -0.768 e. The molecule has 0 saturated carbocycles. The van der Waals surface area contributed by atoms with E-state index in [0.29, 0.717) is 11.6 Å². The Kier molecular flexibility index (Phi) is 6.93. The summed E-state index contributed by atoms with van der Waals surface area (Å²) in [5.41, 5.74) is 2.14. The molecule has 0 fully saturated rings.